The first-order valence-electron chi connectivity index (χ1n) is 6.89. The standard InChI is InChI=1S/C15H20ClNO5/c1-21-14(19)6-7-17(8-10-22-11-9-18)15(20)12-4-2-3-5-13(12)16/h2-5,18H,6-11H2,1H3. The molecule has 122 valence electrons. The van der Waals surface area contributed by atoms with Crippen molar-refractivity contribution >= 4 is 23.5 Å². The van der Waals surface area contributed by atoms with Gasteiger partial charge in [0.2, 0.25) is 0 Å². The zero-order chi connectivity index (χ0) is 16.4. The topological polar surface area (TPSA) is 76.1 Å². The van der Waals surface area contributed by atoms with Gasteiger partial charge in [-0.2, -0.15) is 0 Å². The van der Waals surface area contributed by atoms with Crippen molar-refractivity contribution in [2.45, 2.75) is 6.42 Å². The highest BCUT2D eigenvalue weighted by molar-refractivity contribution is 6.33. The number of hydrogen-bond acceptors (Lipinski definition) is 5. The number of methoxy groups -OCH3 is 1. The maximum atomic E-state index is 12.5. The molecule has 1 aromatic carbocycles. The summed E-state index contributed by atoms with van der Waals surface area (Å²) < 4.78 is 9.76. The second kappa shape index (κ2) is 10.2. The van der Waals surface area contributed by atoms with Gasteiger partial charge in [0.15, 0.2) is 0 Å². The van der Waals surface area contributed by atoms with E-state index in [0.717, 1.165) is 0 Å². The number of carbonyl (C=O) groups is 2. The van der Waals surface area contributed by atoms with Gasteiger partial charge in [0.1, 0.15) is 0 Å². The average Bonchev–Trinajstić information content (AvgIpc) is 2.53. The maximum absolute atomic E-state index is 12.5. The molecule has 22 heavy (non-hydrogen) atoms. The molecular weight excluding hydrogens is 310 g/mol. The zero-order valence-corrected chi connectivity index (χ0v) is 13.2. The number of hydrogen-bond donors (Lipinski definition) is 1. The van der Waals surface area contributed by atoms with E-state index in [1.165, 1.54) is 12.0 Å². The average molecular weight is 330 g/mol. The highest BCUT2D eigenvalue weighted by Gasteiger charge is 2.19. The van der Waals surface area contributed by atoms with Gasteiger partial charge >= 0.3 is 5.97 Å². The first-order chi connectivity index (χ1) is 10.6. The molecule has 0 atom stereocenters. The second-order valence-corrected chi connectivity index (χ2v) is 4.84. The Morgan fingerprint density at radius 1 is 1.23 bits per heavy atom. The van der Waals surface area contributed by atoms with Crippen molar-refractivity contribution < 1.29 is 24.2 Å². The van der Waals surface area contributed by atoms with E-state index in [1.807, 2.05) is 0 Å². The molecule has 0 radical (unpaired) electrons. The van der Waals surface area contributed by atoms with Gasteiger partial charge in [0.05, 0.1) is 43.9 Å². The first-order valence-corrected chi connectivity index (χ1v) is 7.27. The fourth-order valence-corrected chi connectivity index (χ4v) is 2.01. The van der Waals surface area contributed by atoms with Crippen LogP contribution in [0.4, 0.5) is 0 Å². The molecule has 0 unspecified atom stereocenters. The lowest BCUT2D eigenvalue weighted by atomic mass is 10.2. The fraction of sp³-hybridized carbons (Fsp3) is 0.467. The number of halogens is 1. The van der Waals surface area contributed by atoms with Crippen molar-refractivity contribution in [1.82, 2.24) is 4.90 Å². The molecule has 0 saturated carbocycles. The van der Waals surface area contributed by atoms with Gasteiger partial charge in [0.25, 0.3) is 5.91 Å². The van der Waals surface area contributed by atoms with E-state index in [1.54, 1.807) is 24.3 Å². The molecule has 0 aliphatic heterocycles. The van der Waals surface area contributed by atoms with Crippen molar-refractivity contribution in [3.05, 3.63) is 34.9 Å². The summed E-state index contributed by atoms with van der Waals surface area (Å²) in [5.74, 6) is -0.671. The number of benzene rings is 1. The van der Waals surface area contributed by atoms with Crippen LogP contribution in [0, 0.1) is 0 Å². The smallest absolute Gasteiger partial charge is 0.307 e. The van der Waals surface area contributed by atoms with Crippen LogP contribution in [0.1, 0.15) is 16.8 Å². The molecule has 7 heteroatoms. The first kappa shape index (κ1) is 18.4. The molecule has 0 saturated heterocycles. The third-order valence-corrected chi connectivity index (χ3v) is 3.28. The lowest BCUT2D eigenvalue weighted by Crippen LogP contribution is -2.36. The second-order valence-electron chi connectivity index (χ2n) is 4.43. The summed E-state index contributed by atoms with van der Waals surface area (Å²) in [6.07, 6.45) is 0.0900. The Labute approximate surface area is 134 Å². The molecule has 1 amide bonds. The van der Waals surface area contributed by atoms with Crippen LogP contribution in [-0.2, 0) is 14.3 Å². The van der Waals surface area contributed by atoms with Crippen LogP contribution in [0.2, 0.25) is 5.02 Å². The SMILES string of the molecule is COC(=O)CCN(CCOCCO)C(=O)c1ccccc1Cl. The van der Waals surface area contributed by atoms with Crippen molar-refractivity contribution in [3.63, 3.8) is 0 Å². The predicted octanol–water partition coefficient (Wildman–Crippen LogP) is 1.35. The van der Waals surface area contributed by atoms with Crippen LogP contribution in [0.15, 0.2) is 24.3 Å². The van der Waals surface area contributed by atoms with Crippen molar-refractivity contribution in [3.8, 4) is 0 Å². The van der Waals surface area contributed by atoms with Crippen LogP contribution in [0.3, 0.4) is 0 Å². The molecule has 0 aliphatic carbocycles. The predicted molar refractivity (Wildman–Crippen MR) is 81.9 cm³/mol. The monoisotopic (exact) mass is 329 g/mol. The molecule has 1 N–H and O–H groups in total. The van der Waals surface area contributed by atoms with Crippen molar-refractivity contribution in [2.75, 3.05) is 40.0 Å². The highest BCUT2D eigenvalue weighted by atomic mass is 35.5. The molecular formula is C15H20ClNO5. The van der Waals surface area contributed by atoms with Gasteiger partial charge in [0, 0.05) is 13.1 Å². The van der Waals surface area contributed by atoms with Gasteiger partial charge in [-0.1, -0.05) is 23.7 Å². The molecule has 1 rings (SSSR count). The molecule has 0 aromatic heterocycles. The normalized spacial score (nSPS) is 10.3. The van der Waals surface area contributed by atoms with E-state index < -0.39 is 5.97 Å². The number of aliphatic hydroxyl groups excluding tert-OH is 1. The Balaban J connectivity index is 2.72. The van der Waals surface area contributed by atoms with Crippen molar-refractivity contribution in [2.24, 2.45) is 0 Å². The minimum Gasteiger partial charge on any atom is -0.469 e. The summed E-state index contributed by atoms with van der Waals surface area (Å²) >= 11 is 6.03. The number of amides is 1. The summed E-state index contributed by atoms with van der Waals surface area (Å²) in [4.78, 5) is 25.3. The zero-order valence-electron chi connectivity index (χ0n) is 12.5. The number of nitrogens with zero attached hydrogens (tertiary/aromatic N) is 1. The van der Waals surface area contributed by atoms with Gasteiger partial charge in [-0.3, -0.25) is 9.59 Å². The van der Waals surface area contributed by atoms with E-state index >= 15 is 0 Å². The van der Waals surface area contributed by atoms with Gasteiger partial charge < -0.3 is 19.5 Å². The molecule has 0 aliphatic rings. The van der Waals surface area contributed by atoms with E-state index in [-0.39, 0.29) is 38.7 Å². The molecule has 0 fully saturated rings. The lowest BCUT2D eigenvalue weighted by Gasteiger charge is -2.22. The number of ether oxygens (including phenoxy) is 2. The van der Waals surface area contributed by atoms with Gasteiger partial charge in [-0.15, -0.1) is 0 Å². The Bertz CT molecular complexity index is 495. The number of rotatable bonds is 9. The molecule has 1 aromatic rings. The van der Waals surface area contributed by atoms with E-state index in [9.17, 15) is 9.59 Å². The third kappa shape index (κ3) is 6.01. The number of aliphatic hydroxyl groups is 1. The summed E-state index contributed by atoms with van der Waals surface area (Å²) in [6, 6.07) is 6.72. The summed E-state index contributed by atoms with van der Waals surface area (Å²) in [5.41, 5.74) is 0.371. The van der Waals surface area contributed by atoms with Gasteiger partial charge in [-0.25, -0.2) is 0 Å². The minimum absolute atomic E-state index is 0.0827. The molecule has 0 bridgehead atoms. The quantitative estimate of drug-likeness (QED) is 0.547. The van der Waals surface area contributed by atoms with Crippen LogP contribution < -0.4 is 0 Å². The van der Waals surface area contributed by atoms with E-state index in [4.69, 9.17) is 21.4 Å². The van der Waals surface area contributed by atoms with Crippen LogP contribution in [0.5, 0.6) is 0 Å². The Kier molecular flexibility index (Phi) is 8.50. The van der Waals surface area contributed by atoms with E-state index in [2.05, 4.69) is 4.74 Å². The number of esters is 1. The van der Waals surface area contributed by atoms with Crippen LogP contribution >= 0.6 is 11.6 Å². The Morgan fingerprint density at radius 2 is 1.95 bits per heavy atom. The molecule has 0 spiro atoms. The minimum atomic E-state index is -0.395. The Hall–Kier alpha value is -1.63. The summed E-state index contributed by atoms with van der Waals surface area (Å²) in [5, 5.41) is 9.03. The largest absolute Gasteiger partial charge is 0.469 e. The molecule has 6 nitrogen and oxygen atoms in total. The number of carbonyl (C=O) groups excluding carboxylic acids is 2. The highest BCUT2D eigenvalue weighted by Crippen LogP contribution is 2.17. The lowest BCUT2D eigenvalue weighted by molar-refractivity contribution is -0.140. The van der Waals surface area contributed by atoms with Crippen LogP contribution in [-0.4, -0.2) is 61.9 Å². The summed E-state index contributed by atoms with van der Waals surface area (Å²) in [7, 11) is 1.30. The van der Waals surface area contributed by atoms with Gasteiger partial charge in [-0.05, 0) is 12.1 Å². The van der Waals surface area contributed by atoms with E-state index in [0.29, 0.717) is 17.1 Å². The fourth-order valence-electron chi connectivity index (χ4n) is 1.79. The Morgan fingerprint density at radius 3 is 2.59 bits per heavy atom. The molecule has 0 heterocycles. The third-order valence-electron chi connectivity index (χ3n) is 2.95. The maximum Gasteiger partial charge on any atom is 0.307 e. The summed E-state index contributed by atoms with van der Waals surface area (Å²) in [6.45, 7) is 0.879. The van der Waals surface area contributed by atoms with Crippen molar-refractivity contribution in [1.29, 1.82) is 0 Å². The van der Waals surface area contributed by atoms with Crippen LogP contribution in [0.25, 0.3) is 0 Å².